The first kappa shape index (κ1) is 19.3. The Labute approximate surface area is 160 Å². The topological polar surface area (TPSA) is 115 Å². The van der Waals surface area contributed by atoms with Crippen molar-refractivity contribution in [1.29, 1.82) is 0 Å². The molecule has 1 heterocycles. The van der Waals surface area contributed by atoms with E-state index in [9.17, 15) is 18.0 Å². The van der Waals surface area contributed by atoms with Gasteiger partial charge in [-0.05, 0) is 38.1 Å². The van der Waals surface area contributed by atoms with Gasteiger partial charge in [-0.1, -0.05) is 41.1 Å². The Kier molecular flexibility index (Phi) is 5.27. The fourth-order valence-electron chi connectivity index (χ4n) is 2.38. The summed E-state index contributed by atoms with van der Waals surface area (Å²) in [7, 11) is -4.10. The van der Waals surface area contributed by atoms with E-state index in [1.54, 1.807) is 54.1 Å². The molecule has 3 rings (SSSR count). The summed E-state index contributed by atoms with van der Waals surface area (Å²) in [6, 6.07) is 14.4. The third-order valence-electron chi connectivity index (χ3n) is 3.85. The number of sulfonamides is 1. The molecule has 144 valence electrons. The van der Waals surface area contributed by atoms with Crippen LogP contribution in [-0.2, 0) is 14.9 Å². The van der Waals surface area contributed by atoms with Crippen molar-refractivity contribution in [3.8, 4) is 0 Å². The number of hydrogen-bond donors (Lipinski definition) is 1. The molecular weight excluding hydrogens is 384 g/mol. The van der Waals surface area contributed by atoms with Gasteiger partial charge in [-0.25, -0.2) is 22.7 Å². The van der Waals surface area contributed by atoms with E-state index in [2.05, 4.69) is 9.99 Å². The molecule has 0 spiro atoms. The van der Waals surface area contributed by atoms with Crippen molar-refractivity contribution in [2.45, 2.75) is 18.7 Å². The largest absolute Gasteiger partial charge is 0.447 e. The predicted molar refractivity (Wildman–Crippen MR) is 103 cm³/mol. The van der Waals surface area contributed by atoms with E-state index < -0.39 is 21.7 Å². The number of oxime groups is 1. The molecule has 0 aliphatic carbocycles. The first-order valence-electron chi connectivity index (χ1n) is 8.14. The van der Waals surface area contributed by atoms with Crippen molar-refractivity contribution >= 4 is 32.8 Å². The minimum Gasteiger partial charge on any atom is -0.422 e. The molecule has 3 aromatic rings. The maximum absolute atomic E-state index is 12.1. The first-order chi connectivity index (χ1) is 13.3. The van der Waals surface area contributed by atoms with Crippen molar-refractivity contribution < 1.29 is 22.5 Å². The third-order valence-corrected chi connectivity index (χ3v) is 5.17. The minimum absolute atomic E-state index is 0.0578. The molecule has 0 unspecified atom stereocenters. The van der Waals surface area contributed by atoms with E-state index >= 15 is 0 Å². The highest BCUT2D eigenvalue weighted by Gasteiger charge is 2.19. The highest BCUT2D eigenvalue weighted by atomic mass is 32.2. The summed E-state index contributed by atoms with van der Waals surface area (Å²) in [5.41, 5.74) is 0.773. The highest BCUT2D eigenvalue weighted by molar-refractivity contribution is 7.90. The van der Waals surface area contributed by atoms with Crippen LogP contribution < -0.4 is 10.3 Å². The van der Waals surface area contributed by atoms with Crippen LogP contribution in [0.5, 0.6) is 0 Å². The van der Waals surface area contributed by atoms with E-state index in [4.69, 9.17) is 4.42 Å². The monoisotopic (exact) mass is 400 g/mol. The Bertz CT molecular complexity index is 1230. The molecule has 0 bridgehead atoms. The Balaban J connectivity index is 1.76. The number of fused-ring (bicyclic) bond motifs is 1. The summed E-state index contributed by atoms with van der Waals surface area (Å²) >= 11 is 0. The minimum atomic E-state index is -4.10. The van der Waals surface area contributed by atoms with Crippen LogP contribution in [0.4, 0.5) is 4.79 Å². The lowest BCUT2D eigenvalue weighted by molar-refractivity contribution is 0.157. The lowest BCUT2D eigenvalue weighted by Gasteiger charge is -2.06. The molecule has 28 heavy (non-hydrogen) atoms. The standard InChI is InChI=1S/C19H16N2O6S/c1-12-7-9-15(10-8-12)28(24,25)21-19(23)27-20-13(2)16-11-14-5-3-4-6-17(14)26-18(16)22/h3-11H,1-2H3,(H,21,23)/b20-13-. The average molecular weight is 400 g/mol. The van der Waals surface area contributed by atoms with Gasteiger partial charge in [0.25, 0.3) is 10.0 Å². The van der Waals surface area contributed by atoms with Gasteiger partial charge in [0.1, 0.15) is 5.58 Å². The van der Waals surface area contributed by atoms with Crippen LogP contribution in [0.25, 0.3) is 11.0 Å². The second kappa shape index (κ2) is 7.65. The second-order valence-electron chi connectivity index (χ2n) is 5.96. The molecule has 1 amide bonds. The zero-order chi connectivity index (χ0) is 20.3. The molecule has 9 heteroatoms. The summed E-state index contributed by atoms with van der Waals surface area (Å²) in [4.78, 5) is 28.4. The van der Waals surface area contributed by atoms with Gasteiger partial charge in [0.05, 0.1) is 16.2 Å². The van der Waals surface area contributed by atoms with Gasteiger partial charge < -0.3 is 4.42 Å². The summed E-state index contributed by atoms with van der Waals surface area (Å²) in [5.74, 6) is 0. The Morgan fingerprint density at radius 2 is 1.79 bits per heavy atom. The van der Waals surface area contributed by atoms with E-state index in [1.165, 1.54) is 19.1 Å². The third kappa shape index (κ3) is 4.26. The maximum atomic E-state index is 12.1. The van der Waals surface area contributed by atoms with E-state index in [0.717, 1.165) is 5.56 Å². The van der Waals surface area contributed by atoms with Crippen LogP contribution >= 0.6 is 0 Å². The van der Waals surface area contributed by atoms with Gasteiger partial charge >= 0.3 is 11.7 Å². The number of aryl methyl sites for hydroxylation is 1. The smallest absolute Gasteiger partial charge is 0.422 e. The summed E-state index contributed by atoms with van der Waals surface area (Å²) in [5, 5.41) is 4.20. The number of carbonyl (C=O) groups is 1. The van der Waals surface area contributed by atoms with Crippen molar-refractivity contribution in [3.05, 3.63) is 76.1 Å². The van der Waals surface area contributed by atoms with Crippen molar-refractivity contribution in [2.24, 2.45) is 5.16 Å². The molecule has 0 atom stereocenters. The molecule has 1 aromatic heterocycles. The van der Waals surface area contributed by atoms with E-state index in [1.807, 2.05) is 0 Å². The van der Waals surface area contributed by atoms with Crippen LogP contribution in [-0.4, -0.2) is 20.2 Å². The normalized spacial score (nSPS) is 12.0. The molecule has 0 aliphatic rings. The van der Waals surface area contributed by atoms with E-state index in [-0.39, 0.29) is 16.2 Å². The van der Waals surface area contributed by atoms with Gasteiger partial charge in [-0.2, -0.15) is 0 Å². The zero-order valence-electron chi connectivity index (χ0n) is 15.0. The molecule has 0 saturated carbocycles. The molecule has 2 aromatic carbocycles. The van der Waals surface area contributed by atoms with Crippen LogP contribution in [0.15, 0.2) is 73.9 Å². The van der Waals surface area contributed by atoms with E-state index in [0.29, 0.717) is 11.0 Å². The Morgan fingerprint density at radius 3 is 2.50 bits per heavy atom. The summed E-state index contributed by atoms with van der Waals surface area (Å²) < 4.78 is 31.2. The number of amides is 1. The van der Waals surface area contributed by atoms with Gasteiger partial charge in [0.2, 0.25) is 0 Å². The Morgan fingerprint density at radius 1 is 1.11 bits per heavy atom. The fourth-order valence-corrected chi connectivity index (χ4v) is 3.25. The number of nitrogens with zero attached hydrogens (tertiary/aromatic N) is 1. The van der Waals surface area contributed by atoms with Crippen molar-refractivity contribution in [2.75, 3.05) is 0 Å². The van der Waals surface area contributed by atoms with Gasteiger partial charge in [0.15, 0.2) is 0 Å². The average Bonchev–Trinajstić information content (AvgIpc) is 2.65. The molecule has 0 radical (unpaired) electrons. The number of para-hydroxylation sites is 1. The molecule has 8 nitrogen and oxygen atoms in total. The van der Waals surface area contributed by atoms with Gasteiger partial charge in [-0.3, -0.25) is 4.84 Å². The van der Waals surface area contributed by atoms with Crippen LogP contribution in [0.1, 0.15) is 18.1 Å². The predicted octanol–water partition coefficient (Wildman–Crippen LogP) is 2.94. The highest BCUT2D eigenvalue weighted by Crippen LogP contribution is 2.13. The molecule has 0 fully saturated rings. The van der Waals surface area contributed by atoms with Crippen LogP contribution in [0.3, 0.4) is 0 Å². The maximum Gasteiger partial charge on any atom is 0.447 e. The first-order valence-corrected chi connectivity index (χ1v) is 9.63. The molecule has 0 saturated heterocycles. The number of carbonyl (C=O) groups excluding carboxylic acids is 1. The molecular formula is C19H16N2O6S. The number of benzene rings is 2. The number of hydrogen-bond acceptors (Lipinski definition) is 7. The van der Waals surface area contributed by atoms with Crippen molar-refractivity contribution in [1.82, 2.24) is 4.72 Å². The van der Waals surface area contributed by atoms with Crippen LogP contribution in [0.2, 0.25) is 0 Å². The Hall–Kier alpha value is -3.46. The second-order valence-corrected chi connectivity index (χ2v) is 7.64. The summed E-state index contributed by atoms with van der Waals surface area (Å²) in [6.07, 6.45) is -1.30. The lowest BCUT2D eigenvalue weighted by Crippen LogP contribution is -2.30. The molecule has 0 aliphatic heterocycles. The fraction of sp³-hybridized carbons (Fsp3) is 0.105. The lowest BCUT2D eigenvalue weighted by atomic mass is 10.1. The van der Waals surface area contributed by atoms with Gasteiger partial charge in [0, 0.05) is 5.39 Å². The SMILES string of the molecule is C/C(=N/OC(=O)NS(=O)(=O)c1ccc(C)cc1)c1cc2ccccc2oc1=O. The molecule has 1 N–H and O–H groups in total. The van der Waals surface area contributed by atoms with Gasteiger partial charge in [-0.15, -0.1) is 0 Å². The number of rotatable bonds is 4. The zero-order valence-corrected chi connectivity index (χ0v) is 15.8. The number of nitrogens with one attached hydrogen (secondary N) is 1. The quantitative estimate of drug-likeness (QED) is 0.312. The van der Waals surface area contributed by atoms with Crippen LogP contribution in [0, 0.1) is 6.92 Å². The van der Waals surface area contributed by atoms with Crippen molar-refractivity contribution in [3.63, 3.8) is 0 Å². The summed E-state index contributed by atoms with van der Waals surface area (Å²) in [6.45, 7) is 3.24.